The van der Waals surface area contributed by atoms with Gasteiger partial charge in [0.25, 0.3) is 0 Å². The summed E-state index contributed by atoms with van der Waals surface area (Å²) in [4.78, 5) is 0. The highest BCUT2D eigenvalue weighted by Gasteiger charge is 2.01. The van der Waals surface area contributed by atoms with Crippen molar-refractivity contribution in [2.45, 2.75) is 27.2 Å². The van der Waals surface area contributed by atoms with Crippen LogP contribution in [0.5, 0.6) is 0 Å². The van der Waals surface area contributed by atoms with E-state index >= 15 is 0 Å². The maximum atomic E-state index is 13.1. The molecule has 100 valence electrons. The number of rotatable bonds is 6. The Morgan fingerprint density at radius 3 is 2.72 bits per heavy atom. The Morgan fingerprint density at radius 1 is 1.44 bits per heavy atom. The van der Waals surface area contributed by atoms with Gasteiger partial charge in [-0.1, -0.05) is 38.5 Å². The van der Waals surface area contributed by atoms with Crippen molar-refractivity contribution in [3.63, 3.8) is 0 Å². The van der Waals surface area contributed by atoms with Crippen molar-refractivity contribution in [2.75, 3.05) is 13.1 Å². The number of hydrogen-bond donors (Lipinski definition) is 1. The summed E-state index contributed by atoms with van der Waals surface area (Å²) in [5.74, 6) is 0.436. The van der Waals surface area contributed by atoms with Crippen LogP contribution in [0.1, 0.15) is 32.8 Å². The molecule has 1 N–H and O–H groups in total. The van der Waals surface area contributed by atoms with E-state index in [0.29, 0.717) is 10.4 Å². The van der Waals surface area contributed by atoms with Crippen LogP contribution in [0, 0.1) is 11.7 Å². The van der Waals surface area contributed by atoms with Crippen molar-refractivity contribution < 1.29 is 4.39 Å². The molecule has 0 saturated heterocycles. The highest BCUT2D eigenvalue weighted by Crippen LogP contribution is 2.19. The van der Waals surface area contributed by atoms with Gasteiger partial charge < -0.3 is 5.32 Å². The summed E-state index contributed by atoms with van der Waals surface area (Å²) in [6.45, 7) is 8.44. The molecule has 0 aliphatic carbocycles. The quantitative estimate of drug-likeness (QED) is 0.807. The molecule has 0 spiro atoms. The van der Waals surface area contributed by atoms with Crippen LogP contribution < -0.4 is 5.32 Å². The fraction of sp³-hybridized carbons (Fsp3) is 0.467. The molecule has 1 aromatic rings. The Kier molecular flexibility index (Phi) is 6.58. The molecule has 0 aromatic heterocycles. The lowest BCUT2D eigenvalue weighted by Crippen LogP contribution is -2.21. The molecule has 0 atom stereocenters. The minimum atomic E-state index is -0.219. The summed E-state index contributed by atoms with van der Waals surface area (Å²) in [6, 6.07) is 5.11. The van der Waals surface area contributed by atoms with Crippen LogP contribution in [-0.2, 0) is 0 Å². The van der Waals surface area contributed by atoms with E-state index in [4.69, 9.17) is 0 Å². The second kappa shape index (κ2) is 7.70. The smallest absolute Gasteiger partial charge is 0.137 e. The number of hydrogen-bond acceptors (Lipinski definition) is 1. The Bertz CT molecular complexity index is 413. The lowest BCUT2D eigenvalue weighted by Gasteiger charge is -2.09. The first kappa shape index (κ1) is 15.4. The van der Waals surface area contributed by atoms with Crippen LogP contribution in [-0.4, -0.2) is 13.1 Å². The van der Waals surface area contributed by atoms with Crippen LogP contribution in [0.25, 0.3) is 6.08 Å². The van der Waals surface area contributed by atoms with Crippen LogP contribution in [0.15, 0.2) is 28.2 Å². The van der Waals surface area contributed by atoms with E-state index in [9.17, 15) is 4.39 Å². The Labute approximate surface area is 118 Å². The molecule has 1 nitrogen and oxygen atoms in total. The van der Waals surface area contributed by atoms with E-state index in [0.717, 1.165) is 25.1 Å². The Hall–Kier alpha value is -0.670. The molecule has 0 heterocycles. The van der Waals surface area contributed by atoms with E-state index in [2.05, 4.69) is 48.1 Å². The fourth-order valence-electron chi connectivity index (χ4n) is 1.64. The van der Waals surface area contributed by atoms with E-state index in [-0.39, 0.29) is 5.82 Å². The van der Waals surface area contributed by atoms with Gasteiger partial charge in [-0.3, -0.25) is 0 Å². The molecule has 18 heavy (non-hydrogen) atoms. The standard InChI is InChI=1S/C15H21BrFN/c1-4-12(10-18-9-11(2)3)7-13-5-6-15(17)14(16)8-13/h5-8,11,18H,4,9-10H2,1-3H3. The monoisotopic (exact) mass is 313 g/mol. The van der Waals surface area contributed by atoms with Crippen molar-refractivity contribution in [1.82, 2.24) is 5.32 Å². The maximum Gasteiger partial charge on any atom is 0.137 e. The molecular weight excluding hydrogens is 293 g/mol. The fourth-order valence-corrected chi connectivity index (χ4v) is 2.03. The minimum Gasteiger partial charge on any atom is -0.313 e. The van der Waals surface area contributed by atoms with Gasteiger partial charge in [0.05, 0.1) is 4.47 Å². The molecule has 0 aliphatic heterocycles. The minimum absolute atomic E-state index is 0.219. The van der Waals surface area contributed by atoms with Gasteiger partial charge in [-0.05, 0) is 52.5 Å². The third-order valence-corrected chi connectivity index (χ3v) is 3.28. The summed E-state index contributed by atoms with van der Waals surface area (Å²) in [7, 11) is 0. The first-order chi connectivity index (χ1) is 8.52. The van der Waals surface area contributed by atoms with Crippen molar-refractivity contribution >= 4 is 22.0 Å². The summed E-state index contributed by atoms with van der Waals surface area (Å²) in [5, 5.41) is 3.43. The van der Waals surface area contributed by atoms with E-state index < -0.39 is 0 Å². The number of benzene rings is 1. The van der Waals surface area contributed by atoms with E-state index in [1.807, 2.05) is 6.07 Å². The molecule has 0 unspecified atom stereocenters. The summed E-state index contributed by atoms with van der Waals surface area (Å²) < 4.78 is 13.6. The summed E-state index contributed by atoms with van der Waals surface area (Å²) in [6.07, 6.45) is 3.12. The molecule has 0 bridgehead atoms. The molecule has 1 rings (SSSR count). The zero-order valence-corrected chi connectivity index (χ0v) is 12.8. The first-order valence-electron chi connectivity index (χ1n) is 6.38. The number of halogens is 2. The van der Waals surface area contributed by atoms with Crippen molar-refractivity contribution in [3.05, 3.63) is 39.6 Å². The normalized spacial score (nSPS) is 12.2. The predicted molar refractivity (Wildman–Crippen MR) is 80.1 cm³/mol. The van der Waals surface area contributed by atoms with Crippen molar-refractivity contribution in [1.29, 1.82) is 0 Å². The predicted octanol–water partition coefficient (Wildman–Crippen LogP) is 4.63. The average molecular weight is 314 g/mol. The average Bonchev–Trinajstić information content (AvgIpc) is 2.32. The van der Waals surface area contributed by atoms with Crippen LogP contribution in [0.4, 0.5) is 4.39 Å². The Balaban J connectivity index is 2.68. The highest BCUT2D eigenvalue weighted by atomic mass is 79.9. The van der Waals surface area contributed by atoms with Crippen molar-refractivity contribution in [2.24, 2.45) is 5.92 Å². The zero-order valence-electron chi connectivity index (χ0n) is 11.3. The molecule has 3 heteroatoms. The number of nitrogens with one attached hydrogen (secondary N) is 1. The van der Waals surface area contributed by atoms with Gasteiger partial charge in [-0.25, -0.2) is 4.39 Å². The van der Waals surface area contributed by atoms with Crippen molar-refractivity contribution in [3.8, 4) is 0 Å². The third-order valence-electron chi connectivity index (χ3n) is 2.67. The molecule has 0 amide bonds. The molecule has 0 fully saturated rings. The Morgan fingerprint density at radius 2 is 2.17 bits per heavy atom. The van der Waals surface area contributed by atoms with E-state index in [1.165, 1.54) is 11.6 Å². The molecule has 0 aliphatic rings. The first-order valence-corrected chi connectivity index (χ1v) is 7.17. The highest BCUT2D eigenvalue weighted by molar-refractivity contribution is 9.10. The van der Waals surface area contributed by atoms with Gasteiger partial charge in [0.15, 0.2) is 0 Å². The van der Waals surface area contributed by atoms with E-state index in [1.54, 1.807) is 6.07 Å². The molecule has 1 aromatic carbocycles. The third kappa shape index (κ3) is 5.32. The molecular formula is C15H21BrFN. The van der Waals surface area contributed by atoms with Gasteiger partial charge in [0.1, 0.15) is 5.82 Å². The second-order valence-electron chi connectivity index (χ2n) is 4.85. The van der Waals surface area contributed by atoms with Gasteiger partial charge in [0.2, 0.25) is 0 Å². The summed E-state index contributed by atoms with van der Waals surface area (Å²) >= 11 is 3.21. The van der Waals surface area contributed by atoms with Crippen LogP contribution in [0.2, 0.25) is 0 Å². The molecule has 0 radical (unpaired) electrons. The topological polar surface area (TPSA) is 12.0 Å². The van der Waals surface area contributed by atoms with Gasteiger partial charge in [-0.2, -0.15) is 0 Å². The van der Waals surface area contributed by atoms with Crippen LogP contribution >= 0.6 is 15.9 Å². The lowest BCUT2D eigenvalue weighted by molar-refractivity contribution is 0.569. The lowest BCUT2D eigenvalue weighted by atomic mass is 10.1. The maximum absolute atomic E-state index is 13.1. The SMILES string of the molecule is CCC(=Cc1ccc(F)c(Br)c1)CNCC(C)C. The van der Waals surface area contributed by atoms with Crippen LogP contribution in [0.3, 0.4) is 0 Å². The zero-order chi connectivity index (χ0) is 13.5. The largest absolute Gasteiger partial charge is 0.313 e. The van der Waals surface area contributed by atoms with Gasteiger partial charge >= 0.3 is 0 Å². The summed E-state index contributed by atoms with van der Waals surface area (Å²) in [5.41, 5.74) is 2.36. The molecule has 0 saturated carbocycles. The van der Waals surface area contributed by atoms with Gasteiger partial charge in [-0.15, -0.1) is 0 Å². The second-order valence-corrected chi connectivity index (χ2v) is 5.71. The van der Waals surface area contributed by atoms with Gasteiger partial charge in [0, 0.05) is 6.54 Å².